The maximum Gasteiger partial charge on any atom is 0.261 e. The molecule has 0 aliphatic carbocycles. The molecule has 0 saturated carbocycles. The molecular weight excluding hydrogens is 410 g/mol. The second-order valence-electron chi connectivity index (χ2n) is 6.44. The summed E-state index contributed by atoms with van der Waals surface area (Å²) in [6.45, 7) is 5.03. The summed E-state index contributed by atoms with van der Waals surface area (Å²) in [5.74, 6) is -0.507. The number of thiazole rings is 1. The smallest absolute Gasteiger partial charge is 0.261 e. The largest absolute Gasteiger partial charge is 0.298 e. The van der Waals surface area contributed by atoms with Crippen molar-refractivity contribution in [3.8, 4) is 0 Å². The number of nitrogens with one attached hydrogen (secondary N) is 2. The van der Waals surface area contributed by atoms with E-state index >= 15 is 0 Å². The Morgan fingerprint density at radius 3 is 2.14 bits per heavy atom. The average molecular weight is 430 g/mol. The fourth-order valence-electron chi connectivity index (χ4n) is 2.57. The van der Waals surface area contributed by atoms with Crippen molar-refractivity contribution in [3.05, 3.63) is 70.2 Å². The number of ketones is 1. The van der Waals surface area contributed by atoms with Gasteiger partial charge in [-0.25, -0.2) is 13.4 Å². The van der Waals surface area contributed by atoms with Gasteiger partial charge >= 0.3 is 0 Å². The van der Waals surface area contributed by atoms with Crippen molar-refractivity contribution in [3.63, 3.8) is 0 Å². The lowest BCUT2D eigenvalue weighted by Gasteiger charge is -2.09. The molecule has 0 unspecified atom stereocenters. The molecule has 7 nitrogen and oxygen atoms in total. The highest BCUT2D eigenvalue weighted by Gasteiger charge is 2.16. The first-order chi connectivity index (χ1) is 13.7. The number of benzene rings is 2. The van der Waals surface area contributed by atoms with Gasteiger partial charge in [0.2, 0.25) is 0 Å². The van der Waals surface area contributed by atoms with Crippen LogP contribution in [0.2, 0.25) is 0 Å². The summed E-state index contributed by atoms with van der Waals surface area (Å²) in [6.07, 6.45) is 0. The van der Waals surface area contributed by atoms with Gasteiger partial charge in [-0.1, -0.05) is 29.0 Å². The molecule has 3 rings (SSSR count). The number of amides is 1. The van der Waals surface area contributed by atoms with Crippen molar-refractivity contribution in [2.24, 2.45) is 0 Å². The number of sulfonamides is 1. The first kappa shape index (κ1) is 20.7. The van der Waals surface area contributed by atoms with Gasteiger partial charge in [-0.15, -0.1) is 0 Å². The third kappa shape index (κ3) is 4.87. The summed E-state index contributed by atoms with van der Waals surface area (Å²) in [4.78, 5) is 28.7. The standard InChI is InChI=1S/C20H19N3O4S2/c1-12-4-10-17(11-5-12)29(26,27)23-16-8-6-15(7-9-16)19(25)22-20-21-13(2)18(28-20)14(3)24/h4-11,23H,1-3H3,(H,21,22,25). The van der Waals surface area contributed by atoms with E-state index in [1.54, 1.807) is 19.1 Å². The van der Waals surface area contributed by atoms with E-state index in [4.69, 9.17) is 0 Å². The Morgan fingerprint density at radius 1 is 0.966 bits per heavy atom. The van der Waals surface area contributed by atoms with E-state index in [2.05, 4.69) is 15.0 Å². The zero-order valence-corrected chi connectivity index (χ0v) is 17.6. The van der Waals surface area contributed by atoms with E-state index in [0.29, 0.717) is 27.0 Å². The van der Waals surface area contributed by atoms with Gasteiger partial charge in [0.05, 0.1) is 15.5 Å². The highest BCUT2D eigenvalue weighted by Crippen LogP contribution is 2.24. The fraction of sp³-hybridized carbons (Fsp3) is 0.150. The summed E-state index contributed by atoms with van der Waals surface area (Å²) in [7, 11) is -3.71. The van der Waals surface area contributed by atoms with Crippen LogP contribution in [0.1, 0.15) is 38.2 Å². The molecule has 0 bridgehead atoms. The molecule has 0 saturated heterocycles. The topological polar surface area (TPSA) is 105 Å². The zero-order chi connectivity index (χ0) is 21.2. The third-order valence-corrected chi connectivity index (χ3v) is 6.64. The maximum absolute atomic E-state index is 12.4. The summed E-state index contributed by atoms with van der Waals surface area (Å²) in [6, 6.07) is 12.5. The molecule has 150 valence electrons. The number of carbonyl (C=O) groups is 2. The summed E-state index contributed by atoms with van der Waals surface area (Å²) >= 11 is 1.12. The average Bonchev–Trinajstić information content (AvgIpc) is 3.02. The highest BCUT2D eigenvalue weighted by atomic mass is 32.2. The van der Waals surface area contributed by atoms with Gasteiger partial charge in [-0.3, -0.25) is 19.6 Å². The van der Waals surface area contributed by atoms with Crippen LogP contribution in [-0.4, -0.2) is 25.1 Å². The van der Waals surface area contributed by atoms with E-state index < -0.39 is 15.9 Å². The zero-order valence-electron chi connectivity index (χ0n) is 16.0. The van der Waals surface area contributed by atoms with Gasteiger partial charge in [0.25, 0.3) is 15.9 Å². The van der Waals surface area contributed by atoms with Crippen LogP contribution in [0.5, 0.6) is 0 Å². The number of aryl methyl sites for hydroxylation is 2. The SMILES string of the molecule is CC(=O)c1sc(NC(=O)c2ccc(NS(=O)(=O)c3ccc(C)cc3)cc2)nc1C. The molecule has 9 heteroatoms. The Kier molecular flexibility index (Phi) is 5.81. The molecule has 3 aromatic rings. The predicted octanol–water partition coefficient (Wildman–Crippen LogP) is 4.02. The number of Topliss-reactive ketones (excluding diaryl/α,β-unsaturated/α-hetero) is 1. The Labute approximate surface area is 172 Å². The molecule has 0 aliphatic heterocycles. The number of aromatic nitrogens is 1. The van der Waals surface area contributed by atoms with Gasteiger partial charge < -0.3 is 0 Å². The molecule has 2 aromatic carbocycles. The number of hydrogen-bond donors (Lipinski definition) is 2. The minimum absolute atomic E-state index is 0.106. The molecule has 0 spiro atoms. The van der Waals surface area contributed by atoms with Crippen molar-refractivity contribution >= 4 is 43.9 Å². The van der Waals surface area contributed by atoms with Crippen LogP contribution in [0, 0.1) is 13.8 Å². The fourth-order valence-corrected chi connectivity index (χ4v) is 4.48. The summed E-state index contributed by atoms with van der Waals surface area (Å²) < 4.78 is 27.4. The number of nitrogens with zero attached hydrogens (tertiary/aromatic N) is 1. The Balaban J connectivity index is 1.71. The van der Waals surface area contributed by atoms with Crippen LogP contribution < -0.4 is 10.0 Å². The van der Waals surface area contributed by atoms with Crippen molar-refractivity contribution in [1.29, 1.82) is 0 Å². The van der Waals surface area contributed by atoms with Gasteiger partial charge in [-0.2, -0.15) is 0 Å². The van der Waals surface area contributed by atoms with Gasteiger partial charge in [0.15, 0.2) is 10.9 Å². The number of hydrogen-bond acceptors (Lipinski definition) is 6. The van der Waals surface area contributed by atoms with Crippen molar-refractivity contribution in [1.82, 2.24) is 4.98 Å². The van der Waals surface area contributed by atoms with E-state index in [9.17, 15) is 18.0 Å². The van der Waals surface area contributed by atoms with E-state index in [0.717, 1.165) is 16.9 Å². The number of anilines is 2. The molecule has 29 heavy (non-hydrogen) atoms. The van der Waals surface area contributed by atoms with Crippen molar-refractivity contribution in [2.75, 3.05) is 10.0 Å². The minimum Gasteiger partial charge on any atom is -0.298 e. The van der Waals surface area contributed by atoms with E-state index in [-0.39, 0.29) is 10.7 Å². The second kappa shape index (κ2) is 8.14. The van der Waals surface area contributed by atoms with Crippen LogP contribution in [-0.2, 0) is 10.0 Å². The van der Waals surface area contributed by atoms with Crippen molar-refractivity contribution in [2.45, 2.75) is 25.7 Å². The van der Waals surface area contributed by atoms with Crippen LogP contribution in [0.15, 0.2) is 53.4 Å². The molecule has 2 N–H and O–H groups in total. The normalized spacial score (nSPS) is 11.1. The predicted molar refractivity (Wildman–Crippen MR) is 113 cm³/mol. The molecule has 1 aromatic heterocycles. The van der Waals surface area contributed by atoms with Gasteiger partial charge in [0.1, 0.15) is 0 Å². The maximum atomic E-state index is 12.4. The highest BCUT2D eigenvalue weighted by molar-refractivity contribution is 7.92. The second-order valence-corrected chi connectivity index (χ2v) is 9.12. The van der Waals surface area contributed by atoms with Gasteiger partial charge in [0, 0.05) is 18.2 Å². The first-order valence-electron chi connectivity index (χ1n) is 8.65. The minimum atomic E-state index is -3.71. The third-order valence-electron chi connectivity index (χ3n) is 4.07. The lowest BCUT2D eigenvalue weighted by Crippen LogP contribution is -2.14. The van der Waals surface area contributed by atoms with Gasteiger partial charge in [-0.05, 0) is 50.2 Å². The van der Waals surface area contributed by atoms with Crippen LogP contribution in [0.3, 0.4) is 0 Å². The Morgan fingerprint density at radius 2 is 1.59 bits per heavy atom. The molecule has 0 aliphatic rings. The summed E-state index contributed by atoms with van der Waals surface area (Å²) in [5, 5.41) is 2.99. The number of rotatable bonds is 6. The number of carbonyl (C=O) groups excluding carboxylic acids is 2. The molecule has 0 radical (unpaired) electrons. The lowest BCUT2D eigenvalue weighted by molar-refractivity contribution is 0.101. The molecule has 1 amide bonds. The lowest BCUT2D eigenvalue weighted by atomic mass is 10.2. The Bertz CT molecular complexity index is 1170. The monoisotopic (exact) mass is 429 g/mol. The van der Waals surface area contributed by atoms with Crippen LogP contribution in [0.25, 0.3) is 0 Å². The first-order valence-corrected chi connectivity index (χ1v) is 10.9. The molecule has 1 heterocycles. The van der Waals surface area contributed by atoms with E-state index in [1.807, 2.05) is 6.92 Å². The van der Waals surface area contributed by atoms with Crippen LogP contribution in [0.4, 0.5) is 10.8 Å². The van der Waals surface area contributed by atoms with Crippen molar-refractivity contribution < 1.29 is 18.0 Å². The quantitative estimate of drug-likeness (QED) is 0.576. The molecular formula is C20H19N3O4S2. The van der Waals surface area contributed by atoms with Crippen LogP contribution >= 0.6 is 11.3 Å². The molecule has 0 fully saturated rings. The molecule has 0 atom stereocenters. The Hall–Kier alpha value is -3.04. The summed E-state index contributed by atoms with van der Waals surface area (Å²) in [5.41, 5.74) is 2.20. The van der Waals surface area contributed by atoms with E-state index in [1.165, 1.54) is 43.3 Å².